The Bertz CT molecular complexity index is 938. The first-order chi connectivity index (χ1) is 14.6. The van der Waals surface area contributed by atoms with Gasteiger partial charge in [-0.3, -0.25) is 0 Å². The SMILES string of the molecule is CCNC(=O)Nc1ccc(-c2nc3c(c(N4CCOCC4C)n2)CCNC3)c(F)c1. The van der Waals surface area contributed by atoms with Gasteiger partial charge in [-0.2, -0.15) is 0 Å². The molecule has 0 aliphatic carbocycles. The second-order valence-electron chi connectivity index (χ2n) is 7.52. The number of benzene rings is 1. The van der Waals surface area contributed by atoms with Gasteiger partial charge in [-0.15, -0.1) is 0 Å². The molecule has 2 amide bonds. The van der Waals surface area contributed by atoms with E-state index in [0.717, 1.165) is 36.6 Å². The number of carbonyl (C=O) groups is 1. The van der Waals surface area contributed by atoms with E-state index in [1.54, 1.807) is 12.1 Å². The monoisotopic (exact) mass is 414 g/mol. The molecule has 30 heavy (non-hydrogen) atoms. The first kappa shape index (κ1) is 20.5. The van der Waals surface area contributed by atoms with Gasteiger partial charge in [0.05, 0.1) is 30.5 Å². The molecule has 0 saturated carbocycles. The molecule has 1 unspecified atom stereocenters. The highest BCUT2D eigenvalue weighted by atomic mass is 19.1. The number of carbonyl (C=O) groups excluding carboxylic acids is 1. The minimum Gasteiger partial charge on any atom is -0.377 e. The summed E-state index contributed by atoms with van der Waals surface area (Å²) >= 11 is 0. The Kier molecular flexibility index (Phi) is 6.10. The number of hydrogen-bond donors (Lipinski definition) is 3. The normalized spacial score (nSPS) is 18.6. The van der Waals surface area contributed by atoms with Crippen molar-refractivity contribution in [2.75, 3.05) is 43.1 Å². The minimum absolute atomic E-state index is 0.189. The van der Waals surface area contributed by atoms with Crippen molar-refractivity contribution >= 4 is 17.5 Å². The Morgan fingerprint density at radius 1 is 1.40 bits per heavy atom. The fraction of sp³-hybridized carbons (Fsp3) is 0.476. The van der Waals surface area contributed by atoms with Crippen LogP contribution in [0, 0.1) is 5.82 Å². The van der Waals surface area contributed by atoms with Crippen LogP contribution in [-0.4, -0.2) is 54.9 Å². The van der Waals surface area contributed by atoms with Crippen LogP contribution in [0.5, 0.6) is 0 Å². The number of anilines is 2. The van der Waals surface area contributed by atoms with Crippen molar-refractivity contribution in [1.29, 1.82) is 0 Å². The van der Waals surface area contributed by atoms with Crippen LogP contribution in [0.25, 0.3) is 11.4 Å². The van der Waals surface area contributed by atoms with E-state index in [-0.39, 0.29) is 12.1 Å². The summed E-state index contributed by atoms with van der Waals surface area (Å²) in [5.74, 6) is 0.749. The third-order valence-corrected chi connectivity index (χ3v) is 5.36. The molecule has 2 aromatic rings. The number of hydrogen-bond acceptors (Lipinski definition) is 6. The van der Waals surface area contributed by atoms with Crippen molar-refractivity contribution in [3.63, 3.8) is 0 Å². The molecule has 160 valence electrons. The summed E-state index contributed by atoms with van der Waals surface area (Å²) in [6.07, 6.45) is 0.840. The van der Waals surface area contributed by atoms with Crippen LogP contribution in [0.2, 0.25) is 0 Å². The van der Waals surface area contributed by atoms with Gasteiger partial charge in [0.2, 0.25) is 0 Å². The summed E-state index contributed by atoms with van der Waals surface area (Å²) in [5, 5.41) is 8.58. The summed E-state index contributed by atoms with van der Waals surface area (Å²) in [4.78, 5) is 23.4. The fourth-order valence-electron chi connectivity index (χ4n) is 3.85. The number of morpholine rings is 1. The van der Waals surface area contributed by atoms with Gasteiger partial charge in [0.1, 0.15) is 11.6 Å². The van der Waals surface area contributed by atoms with E-state index in [9.17, 15) is 9.18 Å². The molecule has 0 bridgehead atoms. The molecule has 1 aromatic carbocycles. The number of amides is 2. The molecule has 0 spiro atoms. The molecular weight excluding hydrogens is 387 g/mol. The number of halogens is 1. The second-order valence-corrected chi connectivity index (χ2v) is 7.52. The molecule has 2 aliphatic heterocycles. The average Bonchev–Trinajstić information content (AvgIpc) is 2.74. The predicted octanol–water partition coefficient (Wildman–Crippen LogP) is 2.29. The summed E-state index contributed by atoms with van der Waals surface area (Å²) in [6, 6.07) is 4.38. The maximum atomic E-state index is 15.0. The Balaban J connectivity index is 1.70. The number of aromatic nitrogens is 2. The number of fused-ring (bicyclic) bond motifs is 1. The predicted molar refractivity (Wildman–Crippen MR) is 113 cm³/mol. The van der Waals surface area contributed by atoms with Gasteiger partial charge < -0.3 is 25.6 Å². The Hall–Kier alpha value is -2.78. The third-order valence-electron chi connectivity index (χ3n) is 5.36. The van der Waals surface area contributed by atoms with Crippen LogP contribution in [0.1, 0.15) is 25.1 Å². The number of nitrogens with one attached hydrogen (secondary N) is 3. The summed E-state index contributed by atoms with van der Waals surface area (Å²) in [7, 11) is 0. The van der Waals surface area contributed by atoms with E-state index in [1.165, 1.54) is 6.07 Å². The van der Waals surface area contributed by atoms with Crippen molar-refractivity contribution in [3.05, 3.63) is 35.3 Å². The molecule has 8 nitrogen and oxygen atoms in total. The van der Waals surface area contributed by atoms with Crippen LogP contribution in [0.15, 0.2) is 18.2 Å². The third kappa shape index (κ3) is 4.22. The lowest BCUT2D eigenvalue weighted by atomic mass is 10.0. The number of nitrogens with zero attached hydrogens (tertiary/aromatic N) is 3. The van der Waals surface area contributed by atoms with Crippen molar-refractivity contribution in [3.8, 4) is 11.4 Å². The molecule has 4 rings (SSSR count). The van der Waals surface area contributed by atoms with Gasteiger partial charge in [0.15, 0.2) is 5.82 Å². The van der Waals surface area contributed by atoms with Gasteiger partial charge in [0, 0.05) is 30.9 Å². The Labute approximate surface area is 175 Å². The van der Waals surface area contributed by atoms with Gasteiger partial charge >= 0.3 is 6.03 Å². The van der Waals surface area contributed by atoms with Crippen LogP contribution in [0.3, 0.4) is 0 Å². The minimum atomic E-state index is -0.478. The van der Waals surface area contributed by atoms with Crippen molar-refractivity contribution in [2.24, 2.45) is 0 Å². The molecule has 1 saturated heterocycles. The fourth-order valence-corrected chi connectivity index (χ4v) is 3.85. The zero-order valence-corrected chi connectivity index (χ0v) is 17.3. The number of ether oxygens (including phenoxy) is 1. The standard InChI is InChI=1S/C21H27FN6O2/c1-3-24-21(29)25-14-4-5-15(17(22)10-14)19-26-18-11-23-7-6-16(18)20(27-19)28-8-9-30-12-13(28)2/h4-5,10,13,23H,3,6-9,11-12H2,1-2H3,(H2,24,25,29). The van der Waals surface area contributed by atoms with Crippen LogP contribution in [-0.2, 0) is 17.7 Å². The second kappa shape index (κ2) is 8.93. The van der Waals surface area contributed by atoms with E-state index in [4.69, 9.17) is 9.72 Å². The topological polar surface area (TPSA) is 91.4 Å². The highest BCUT2D eigenvalue weighted by molar-refractivity contribution is 5.89. The maximum Gasteiger partial charge on any atom is 0.319 e. The van der Waals surface area contributed by atoms with Crippen molar-refractivity contribution in [2.45, 2.75) is 32.9 Å². The Morgan fingerprint density at radius 3 is 3.03 bits per heavy atom. The zero-order chi connectivity index (χ0) is 21.1. The number of rotatable bonds is 4. The van der Waals surface area contributed by atoms with Crippen molar-refractivity contribution in [1.82, 2.24) is 20.6 Å². The molecule has 0 radical (unpaired) electrons. The average molecular weight is 414 g/mol. The maximum absolute atomic E-state index is 15.0. The smallest absolute Gasteiger partial charge is 0.319 e. The van der Waals surface area contributed by atoms with E-state index < -0.39 is 5.82 Å². The molecular formula is C21H27FN6O2. The van der Waals surface area contributed by atoms with Gasteiger partial charge in [-0.1, -0.05) is 0 Å². The highest BCUT2D eigenvalue weighted by Gasteiger charge is 2.27. The zero-order valence-electron chi connectivity index (χ0n) is 17.3. The quantitative estimate of drug-likeness (QED) is 0.711. The van der Waals surface area contributed by atoms with E-state index in [0.29, 0.717) is 43.4 Å². The summed E-state index contributed by atoms with van der Waals surface area (Å²) < 4.78 is 20.5. The number of urea groups is 1. The van der Waals surface area contributed by atoms with E-state index in [1.807, 2.05) is 6.92 Å². The van der Waals surface area contributed by atoms with Crippen molar-refractivity contribution < 1.29 is 13.9 Å². The van der Waals surface area contributed by atoms with E-state index >= 15 is 0 Å². The summed E-state index contributed by atoms with van der Waals surface area (Å²) in [6.45, 7) is 7.95. The first-order valence-electron chi connectivity index (χ1n) is 10.4. The van der Waals surface area contributed by atoms with Crippen LogP contribution < -0.4 is 20.9 Å². The van der Waals surface area contributed by atoms with Gasteiger partial charge in [-0.25, -0.2) is 19.2 Å². The molecule has 1 aromatic heterocycles. The van der Waals surface area contributed by atoms with Crippen LogP contribution >= 0.6 is 0 Å². The summed E-state index contributed by atoms with van der Waals surface area (Å²) in [5.41, 5.74) is 2.72. The Morgan fingerprint density at radius 2 is 2.27 bits per heavy atom. The van der Waals surface area contributed by atoms with Gasteiger partial charge in [-0.05, 0) is 45.0 Å². The van der Waals surface area contributed by atoms with E-state index in [2.05, 4.69) is 32.8 Å². The largest absolute Gasteiger partial charge is 0.377 e. The van der Waals surface area contributed by atoms with Gasteiger partial charge in [0.25, 0.3) is 0 Å². The lowest BCUT2D eigenvalue weighted by Gasteiger charge is -2.36. The highest BCUT2D eigenvalue weighted by Crippen LogP contribution is 2.31. The first-order valence-corrected chi connectivity index (χ1v) is 10.4. The lowest BCUT2D eigenvalue weighted by molar-refractivity contribution is 0.0984. The lowest BCUT2D eigenvalue weighted by Crippen LogP contribution is -2.45. The molecule has 1 atom stereocenters. The molecule has 1 fully saturated rings. The molecule has 2 aliphatic rings. The van der Waals surface area contributed by atoms with Crippen LogP contribution in [0.4, 0.5) is 20.7 Å². The molecule has 3 heterocycles. The molecule has 9 heteroatoms. The molecule has 3 N–H and O–H groups in total.